The molecule has 2 atom stereocenters. The van der Waals surface area contributed by atoms with Crippen molar-refractivity contribution in [2.45, 2.75) is 102 Å². The highest BCUT2D eigenvalue weighted by atomic mass is 16.5. The summed E-state index contributed by atoms with van der Waals surface area (Å²) in [7, 11) is 0. The Labute approximate surface area is 494 Å². The molecule has 0 fully saturated rings. The lowest BCUT2D eigenvalue weighted by Crippen LogP contribution is -2.18. The molecule has 0 aliphatic heterocycles. The van der Waals surface area contributed by atoms with E-state index in [1.165, 1.54) is 50.4 Å². The highest BCUT2D eigenvalue weighted by molar-refractivity contribution is 5.87. The number of aryl methyl sites for hydroxylation is 8. The van der Waals surface area contributed by atoms with Gasteiger partial charge < -0.3 is 24.3 Å². The van der Waals surface area contributed by atoms with E-state index in [1.807, 2.05) is 32.9 Å². The van der Waals surface area contributed by atoms with E-state index < -0.39 is 0 Å². The third-order valence-corrected chi connectivity index (χ3v) is 15.8. The standard InChI is InChI=1S/C41H44N2O2.C36H36N2/c1-9-30(5)41(44)45-40-20-19-37(24-33(40)8)43(36-18-12-15-29(4)23-36)39-26-31(6)38(25-32(39)7)42(34-16-10-13-27(2)21-34)35-17-11-14-28(3)22-35;1-5-27(2)30-16-15-23-34(26-30)38(33-21-13-8-14-22-33)36-25-28(3)35(24-29(36)4)37(31-17-9-6-10-18-31)32-19-11-7-12-20-32/h10-26,30H,9H2,1-8H3;6-27H,5H2,1-4H3. The van der Waals surface area contributed by atoms with Crippen molar-refractivity contribution in [2.24, 2.45) is 5.92 Å². The molecule has 0 bridgehead atoms. The average Bonchev–Trinajstić information content (AvgIpc) is 3.51. The van der Waals surface area contributed by atoms with E-state index in [0.29, 0.717) is 11.7 Å². The number of benzene rings is 10. The minimum Gasteiger partial charge on any atom is -0.426 e. The summed E-state index contributed by atoms with van der Waals surface area (Å²) in [6, 6.07) is 82.2. The maximum absolute atomic E-state index is 12.6. The Kier molecular flexibility index (Phi) is 18.8. The van der Waals surface area contributed by atoms with Crippen LogP contribution in [0.15, 0.2) is 231 Å². The monoisotopic (exact) mass is 1090 g/mol. The molecule has 10 rings (SSSR count). The number of carbonyl (C=O) groups excluding carboxylic acids is 1. The molecule has 2 unspecified atom stereocenters. The number of ether oxygens (including phenoxy) is 1. The summed E-state index contributed by atoms with van der Waals surface area (Å²) in [6.45, 7) is 25.7. The van der Waals surface area contributed by atoms with E-state index in [-0.39, 0.29) is 11.9 Å². The Morgan fingerprint density at radius 1 is 0.337 bits per heavy atom. The lowest BCUT2D eigenvalue weighted by atomic mass is 9.97. The van der Waals surface area contributed by atoms with Gasteiger partial charge in [0.1, 0.15) is 5.75 Å². The Bertz CT molecular complexity index is 3730. The van der Waals surface area contributed by atoms with Crippen LogP contribution in [0.3, 0.4) is 0 Å². The predicted octanol–water partition coefficient (Wildman–Crippen LogP) is 22.2. The highest BCUT2D eigenvalue weighted by Crippen LogP contribution is 2.46. The van der Waals surface area contributed by atoms with Gasteiger partial charge in [0, 0.05) is 68.2 Å². The van der Waals surface area contributed by atoms with Crippen molar-refractivity contribution >= 4 is 74.2 Å². The van der Waals surface area contributed by atoms with Gasteiger partial charge in [-0.25, -0.2) is 0 Å². The molecule has 6 heteroatoms. The molecule has 0 saturated heterocycles. The Balaban J connectivity index is 0.000000202. The molecular weight excluding hydrogens is 1010 g/mol. The summed E-state index contributed by atoms with van der Waals surface area (Å²) >= 11 is 0. The molecular formula is C77H80N4O2. The molecule has 10 aromatic rings. The van der Waals surface area contributed by atoms with Gasteiger partial charge in [-0.15, -0.1) is 0 Å². The van der Waals surface area contributed by atoms with Crippen LogP contribution in [-0.4, -0.2) is 5.97 Å². The first-order valence-corrected chi connectivity index (χ1v) is 29.3. The van der Waals surface area contributed by atoms with Gasteiger partial charge >= 0.3 is 5.97 Å². The summed E-state index contributed by atoms with van der Waals surface area (Å²) in [6.07, 6.45) is 1.87. The lowest BCUT2D eigenvalue weighted by molar-refractivity contribution is -0.138. The van der Waals surface area contributed by atoms with Crippen LogP contribution in [0.4, 0.5) is 68.2 Å². The molecule has 0 N–H and O–H groups in total. The van der Waals surface area contributed by atoms with E-state index in [0.717, 1.165) is 80.7 Å². The number of anilines is 12. The van der Waals surface area contributed by atoms with Crippen LogP contribution in [0.2, 0.25) is 0 Å². The molecule has 0 aromatic heterocycles. The molecule has 420 valence electrons. The highest BCUT2D eigenvalue weighted by Gasteiger charge is 2.24. The predicted molar refractivity (Wildman–Crippen MR) is 353 cm³/mol. The molecule has 0 amide bonds. The minimum absolute atomic E-state index is 0.142. The molecule has 0 spiro atoms. The van der Waals surface area contributed by atoms with E-state index in [9.17, 15) is 4.79 Å². The zero-order chi connectivity index (χ0) is 58.7. The molecule has 0 radical (unpaired) electrons. The van der Waals surface area contributed by atoms with E-state index in [2.05, 4.69) is 300 Å². The van der Waals surface area contributed by atoms with Crippen LogP contribution in [0, 0.1) is 61.3 Å². The zero-order valence-corrected chi connectivity index (χ0v) is 50.6. The van der Waals surface area contributed by atoms with Crippen molar-refractivity contribution in [1.82, 2.24) is 0 Å². The van der Waals surface area contributed by atoms with Gasteiger partial charge in [0.2, 0.25) is 0 Å². The summed E-state index contributed by atoms with van der Waals surface area (Å²) in [4.78, 5) is 22.0. The van der Waals surface area contributed by atoms with Gasteiger partial charge in [-0.3, -0.25) is 4.79 Å². The second kappa shape index (κ2) is 26.6. The van der Waals surface area contributed by atoms with Crippen molar-refractivity contribution in [3.63, 3.8) is 0 Å². The van der Waals surface area contributed by atoms with E-state index >= 15 is 0 Å². The zero-order valence-electron chi connectivity index (χ0n) is 50.6. The smallest absolute Gasteiger partial charge is 0.314 e. The molecule has 83 heavy (non-hydrogen) atoms. The average molecular weight is 1090 g/mol. The third-order valence-electron chi connectivity index (χ3n) is 15.8. The maximum Gasteiger partial charge on any atom is 0.314 e. The fourth-order valence-corrected chi connectivity index (χ4v) is 10.7. The van der Waals surface area contributed by atoms with Crippen LogP contribution in [0.25, 0.3) is 0 Å². The van der Waals surface area contributed by atoms with Gasteiger partial charge in [0.05, 0.1) is 5.92 Å². The first-order chi connectivity index (χ1) is 40.1. The first-order valence-electron chi connectivity index (χ1n) is 29.3. The van der Waals surface area contributed by atoms with E-state index in [4.69, 9.17) is 4.74 Å². The summed E-state index contributed by atoms with van der Waals surface area (Å²) in [5.74, 6) is 0.778. The van der Waals surface area contributed by atoms with Crippen molar-refractivity contribution in [1.29, 1.82) is 0 Å². The quantitative estimate of drug-likeness (QED) is 0.0668. The number of carbonyl (C=O) groups is 1. The van der Waals surface area contributed by atoms with Crippen molar-refractivity contribution in [2.75, 3.05) is 19.6 Å². The maximum atomic E-state index is 12.6. The second-order valence-electron chi connectivity index (χ2n) is 22.3. The molecule has 0 aliphatic carbocycles. The van der Waals surface area contributed by atoms with Crippen LogP contribution in [-0.2, 0) is 4.79 Å². The lowest BCUT2D eigenvalue weighted by Gasteiger charge is -2.32. The van der Waals surface area contributed by atoms with Gasteiger partial charge in [-0.2, -0.15) is 0 Å². The summed E-state index contributed by atoms with van der Waals surface area (Å²) in [5, 5.41) is 0. The molecule has 0 heterocycles. The minimum atomic E-state index is -0.197. The van der Waals surface area contributed by atoms with Crippen LogP contribution in [0.1, 0.15) is 96.5 Å². The number of hydrogen-bond acceptors (Lipinski definition) is 6. The molecule has 6 nitrogen and oxygen atoms in total. The third kappa shape index (κ3) is 13.6. The van der Waals surface area contributed by atoms with Crippen molar-refractivity contribution in [3.8, 4) is 5.75 Å². The fourth-order valence-electron chi connectivity index (χ4n) is 10.7. The fraction of sp³-hybridized carbons (Fsp3) is 0.208. The molecule has 0 saturated carbocycles. The van der Waals surface area contributed by atoms with Crippen molar-refractivity contribution < 1.29 is 9.53 Å². The van der Waals surface area contributed by atoms with Gasteiger partial charge in [-0.1, -0.05) is 131 Å². The molecule has 0 aliphatic rings. The van der Waals surface area contributed by atoms with Gasteiger partial charge in [0.25, 0.3) is 0 Å². The van der Waals surface area contributed by atoms with E-state index in [1.54, 1.807) is 0 Å². The summed E-state index contributed by atoms with van der Waals surface area (Å²) < 4.78 is 5.79. The number of rotatable bonds is 17. The number of nitrogens with zero attached hydrogens (tertiary/aromatic N) is 4. The van der Waals surface area contributed by atoms with Crippen LogP contribution >= 0.6 is 0 Å². The van der Waals surface area contributed by atoms with Crippen molar-refractivity contribution in [3.05, 3.63) is 281 Å². The second-order valence-corrected chi connectivity index (χ2v) is 22.3. The summed E-state index contributed by atoms with van der Waals surface area (Å²) in [5.41, 5.74) is 24.2. The Morgan fingerprint density at radius 2 is 0.663 bits per heavy atom. The van der Waals surface area contributed by atoms with Crippen LogP contribution < -0.4 is 24.3 Å². The largest absolute Gasteiger partial charge is 0.426 e. The number of esters is 1. The Morgan fingerprint density at radius 3 is 1.01 bits per heavy atom. The SMILES string of the molecule is CCC(C)C(=O)Oc1ccc(N(c2cccc(C)c2)c2cc(C)c(N(c3cccc(C)c3)c3cccc(C)c3)cc2C)cc1C.CCC(C)c1cccc(N(c2ccccc2)c2cc(C)c(N(c3ccccc3)c3ccccc3)cc2C)c1. The topological polar surface area (TPSA) is 39.3 Å². The molecule has 10 aromatic carbocycles. The van der Waals surface area contributed by atoms with Crippen LogP contribution in [0.5, 0.6) is 5.75 Å². The van der Waals surface area contributed by atoms with Gasteiger partial charge in [0.15, 0.2) is 0 Å². The van der Waals surface area contributed by atoms with Gasteiger partial charge in [-0.05, 0) is 252 Å². The number of para-hydroxylation sites is 3. The number of hydrogen-bond donors (Lipinski definition) is 0. The Hall–Kier alpha value is -9.13. The first kappa shape index (κ1) is 58.5. The normalized spacial score (nSPS) is 11.7.